The number of likely N-dealkylation sites (tertiary alicyclic amines) is 1. The highest BCUT2D eigenvalue weighted by atomic mass is 15.2. The highest BCUT2D eigenvalue weighted by molar-refractivity contribution is 5.08. The monoisotopic (exact) mass is 247 g/mol. The Morgan fingerprint density at radius 1 is 1.44 bits per heavy atom. The first-order valence-corrected chi connectivity index (χ1v) is 6.92. The fourth-order valence-electron chi connectivity index (χ4n) is 2.48. The summed E-state index contributed by atoms with van der Waals surface area (Å²) in [6.07, 6.45) is 6.44. The second-order valence-corrected chi connectivity index (χ2v) is 6.26. The topological polar surface area (TPSA) is 28.2 Å². The largest absolute Gasteiger partial charge is 0.311 e. The first kappa shape index (κ1) is 13.5. The molecule has 1 saturated heterocycles. The summed E-state index contributed by atoms with van der Waals surface area (Å²) < 4.78 is 0. The smallest absolute Gasteiger partial charge is 0.0312 e. The molecule has 1 aliphatic rings. The Morgan fingerprint density at radius 2 is 2.28 bits per heavy atom. The number of pyridine rings is 1. The Balaban J connectivity index is 1.88. The molecule has 0 bridgehead atoms. The van der Waals surface area contributed by atoms with E-state index in [1.807, 2.05) is 18.5 Å². The summed E-state index contributed by atoms with van der Waals surface area (Å²) in [4.78, 5) is 6.77. The molecule has 18 heavy (non-hydrogen) atoms. The van der Waals surface area contributed by atoms with Crippen molar-refractivity contribution < 1.29 is 0 Å². The van der Waals surface area contributed by atoms with Crippen LogP contribution in [0, 0.1) is 0 Å². The summed E-state index contributed by atoms with van der Waals surface area (Å²) in [5, 5.41) is 3.62. The summed E-state index contributed by atoms with van der Waals surface area (Å²) in [5.74, 6) is 0. The van der Waals surface area contributed by atoms with E-state index in [0.717, 1.165) is 13.1 Å². The van der Waals surface area contributed by atoms with Gasteiger partial charge in [-0.05, 0) is 51.8 Å². The summed E-state index contributed by atoms with van der Waals surface area (Å²) >= 11 is 0. The Labute approximate surface area is 111 Å². The van der Waals surface area contributed by atoms with Gasteiger partial charge in [0.15, 0.2) is 0 Å². The third-order valence-corrected chi connectivity index (χ3v) is 3.48. The van der Waals surface area contributed by atoms with Crippen molar-refractivity contribution in [3.63, 3.8) is 0 Å². The van der Waals surface area contributed by atoms with E-state index < -0.39 is 0 Å². The molecule has 3 heteroatoms. The van der Waals surface area contributed by atoms with Crippen molar-refractivity contribution in [2.75, 3.05) is 13.1 Å². The van der Waals surface area contributed by atoms with E-state index in [2.05, 4.69) is 42.0 Å². The van der Waals surface area contributed by atoms with Gasteiger partial charge in [-0.25, -0.2) is 0 Å². The number of rotatable bonds is 4. The molecule has 0 spiro atoms. The minimum Gasteiger partial charge on any atom is -0.311 e. The van der Waals surface area contributed by atoms with E-state index in [0.29, 0.717) is 6.04 Å². The predicted octanol–water partition coefficient (Wildman–Crippen LogP) is 2.43. The second-order valence-electron chi connectivity index (χ2n) is 6.26. The van der Waals surface area contributed by atoms with Gasteiger partial charge in [-0.2, -0.15) is 0 Å². The van der Waals surface area contributed by atoms with Crippen molar-refractivity contribution in [2.24, 2.45) is 0 Å². The molecule has 100 valence electrons. The standard InChI is InChI=1S/C15H25N3/c1-15(2,3)17-11-14-7-5-9-18(14)12-13-6-4-8-16-10-13/h4,6,8,10,14,17H,5,7,9,11-12H2,1-3H3. The average Bonchev–Trinajstić information content (AvgIpc) is 2.74. The molecular formula is C15H25N3. The average molecular weight is 247 g/mol. The van der Waals surface area contributed by atoms with E-state index in [4.69, 9.17) is 0 Å². The minimum absolute atomic E-state index is 0.211. The molecule has 2 rings (SSSR count). The van der Waals surface area contributed by atoms with Gasteiger partial charge in [0.25, 0.3) is 0 Å². The Morgan fingerprint density at radius 3 is 2.94 bits per heavy atom. The van der Waals surface area contributed by atoms with Gasteiger partial charge in [0.1, 0.15) is 0 Å². The lowest BCUT2D eigenvalue weighted by atomic mass is 10.1. The van der Waals surface area contributed by atoms with Crippen LogP contribution in [-0.4, -0.2) is 34.6 Å². The zero-order valence-electron chi connectivity index (χ0n) is 11.8. The predicted molar refractivity (Wildman–Crippen MR) is 75.4 cm³/mol. The van der Waals surface area contributed by atoms with Crippen molar-refractivity contribution in [1.82, 2.24) is 15.2 Å². The number of hydrogen-bond donors (Lipinski definition) is 1. The number of aromatic nitrogens is 1. The Hall–Kier alpha value is -0.930. The van der Waals surface area contributed by atoms with Gasteiger partial charge in [0.2, 0.25) is 0 Å². The molecule has 1 aliphatic heterocycles. The number of nitrogens with one attached hydrogen (secondary N) is 1. The van der Waals surface area contributed by atoms with E-state index in [1.165, 1.54) is 24.9 Å². The van der Waals surface area contributed by atoms with Crippen LogP contribution in [0.15, 0.2) is 24.5 Å². The lowest BCUT2D eigenvalue weighted by molar-refractivity contribution is 0.225. The van der Waals surface area contributed by atoms with Crippen LogP contribution < -0.4 is 5.32 Å². The molecule has 0 aromatic carbocycles. The van der Waals surface area contributed by atoms with Crippen LogP contribution >= 0.6 is 0 Å². The first-order valence-electron chi connectivity index (χ1n) is 6.92. The third kappa shape index (κ3) is 4.07. The van der Waals surface area contributed by atoms with Crippen molar-refractivity contribution in [3.8, 4) is 0 Å². The maximum Gasteiger partial charge on any atom is 0.0312 e. The quantitative estimate of drug-likeness (QED) is 0.885. The van der Waals surface area contributed by atoms with E-state index in [-0.39, 0.29) is 5.54 Å². The molecule has 0 saturated carbocycles. The fraction of sp³-hybridized carbons (Fsp3) is 0.667. The van der Waals surface area contributed by atoms with Gasteiger partial charge in [-0.3, -0.25) is 9.88 Å². The van der Waals surface area contributed by atoms with Crippen LogP contribution in [0.2, 0.25) is 0 Å². The number of hydrogen-bond acceptors (Lipinski definition) is 3. The van der Waals surface area contributed by atoms with Crippen LogP contribution in [0.1, 0.15) is 39.2 Å². The molecule has 1 atom stereocenters. The highest BCUT2D eigenvalue weighted by Gasteiger charge is 2.25. The Bertz CT molecular complexity index is 356. The lowest BCUT2D eigenvalue weighted by Crippen LogP contribution is -2.44. The normalized spacial score (nSPS) is 21.4. The lowest BCUT2D eigenvalue weighted by Gasteiger charge is -2.29. The molecule has 2 heterocycles. The molecule has 1 unspecified atom stereocenters. The number of nitrogens with zero attached hydrogens (tertiary/aromatic N) is 2. The fourth-order valence-corrected chi connectivity index (χ4v) is 2.48. The molecule has 1 aromatic heterocycles. The van der Waals surface area contributed by atoms with E-state index in [9.17, 15) is 0 Å². The summed E-state index contributed by atoms with van der Waals surface area (Å²) in [5.41, 5.74) is 1.53. The van der Waals surface area contributed by atoms with Gasteiger partial charge in [-0.1, -0.05) is 6.07 Å². The zero-order valence-corrected chi connectivity index (χ0v) is 11.8. The van der Waals surface area contributed by atoms with Gasteiger partial charge >= 0.3 is 0 Å². The molecule has 0 radical (unpaired) electrons. The Kier molecular flexibility index (Phi) is 4.36. The van der Waals surface area contributed by atoms with Crippen LogP contribution in [0.5, 0.6) is 0 Å². The van der Waals surface area contributed by atoms with Crippen molar-refractivity contribution in [2.45, 2.75) is 51.7 Å². The SMILES string of the molecule is CC(C)(C)NCC1CCCN1Cc1cccnc1. The third-order valence-electron chi connectivity index (χ3n) is 3.48. The molecule has 0 amide bonds. The van der Waals surface area contributed by atoms with Crippen molar-refractivity contribution in [1.29, 1.82) is 0 Å². The molecule has 1 N–H and O–H groups in total. The first-order chi connectivity index (χ1) is 8.54. The van der Waals surface area contributed by atoms with Crippen LogP contribution in [0.25, 0.3) is 0 Å². The molecule has 0 aliphatic carbocycles. The maximum atomic E-state index is 4.19. The van der Waals surface area contributed by atoms with E-state index in [1.54, 1.807) is 0 Å². The summed E-state index contributed by atoms with van der Waals surface area (Å²) in [7, 11) is 0. The van der Waals surface area contributed by atoms with Gasteiger partial charge in [0.05, 0.1) is 0 Å². The zero-order chi connectivity index (χ0) is 13.0. The van der Waals surface area contributed by atoms with Crippen molar-refractivity contribution >= 4 is 0 Å². The molecule has 3 nitrogen and oxygen atoms in total. The van der Waals surface area contributed by atoms with Gasteiger partial charge in [-0.15, -0.1) is 0 Å². The van der Waals surface area contributed by atoms with Gasteiger partial charge < -0.3 is 5.32 Å². The van der Waals surface area contributed by atoms with Crippen LogP contribution in [-0.2, 0) is 6.54 Å². The van der Waals surface area contributed by atoms with Crippen LogP contribution in [0.3, 0.4) is 0 Å². The molecule has 1 fully saturated rings. The van der Waals surface area contributed by atoms with Crippen molar-refractivity contribution in [3.05, 3.63) is 30.1 Å². The maximum absolute atomic E-state index is 4.19. The summed E-state index contributed by atoms with van der Waals surface area (Å²) in [6.45, 7) is 10.0. The van der Waals surface area contributed by atoms with Gasteiger partial charge in [0, 0.05) is 37.1 Å². The summed E-state index contributed by atoms with van der Waals surface area (Å²) in [6, 6.07) is 4.86. The van der Waals surface area contributed by atoms with Crippen LogP contribution in [0.4, 0.5) is 0 Å². The second kappa shape index (κ2) is 5.81. The van der Waals surface area contributed by atoms with E-state index >= 15 is 0 Å². The highest BCUT2D eigenvalue weighted by Crippen LogP contribution is 2.19. The molecular weight excluding hydrogens is 222 g/mol. The molecule has 1 aromatic rings. The minimum atomic E-state index is 0.211.